The van der Waals surface area contributed by atoms with Crippen molar-refractivity contribution in [2.45, 2.75) is 25.4 Å². The zero-order valence-electron chi connectivity index (χ0n) is 14.5. The number of nitrogens with one attached hydrogen (secondary N) is 1. The fraction of sp³-hybridized carbons (Fsp3) is 0.412. The fourth-order valence-corrected chi connectivity index (χ4v) is 3.56. The summed E-state index contributed by atoms with van der Waals surface area (Å²) < 4.78 is 5.29. The predicted molar refractivity (Wildman–Crippen MR) is 110 cm³/mol. The Morgan fingerprint density at radius 2 is 2.27 bits per heavy atom. The first-order valence-corrected chi connectivity index (χ1v) is 8.92. The summed E-state index contributed by atoms with van der Waals surface area (Å²) in [5.41, 5.74) is 7.13. The highest BCUT2D eigenvalue weighted by Crippen LogP contribution is 2.24. The molecule has 0 radical (unpaired) electrons. The van der Waals surface area contributed by atoms with Crippen LogP contribution in [0.4, 0.5) is 5.69 Å². The first kappa shape index (κ1) is 22.5. The number of anilines is 1. The maximum Gasteiger partial charge on any atom is 0.271 e. The number of ether oxygens (including phenoxy) is 1. The Bertz CT molecular complexity index is 714. The number of hydrogen-bond acceptors (Lipinski definition) is 6. The van der Waals surface area contributed by atoms with Crippen LogP contribution in [0.25, 0.3) is 0 Å². The van der Waals surface area contributed by atoms with Gasteiger partial charge in [-0.05, 0) is 25.0 Å². The van der Waals surface area contributed by atoms with Gasteiger partial charge in [-0.1, -0.05) is 6.07 Å². The largest absolute Gasteiger partial charge is 0.497 e. The number of methoxy groups -OCH3 is 1. The van der Waals surface area contributed by atoms with Crippen LogP contribution in [0.3, 0.4) is 0 Å². The van der Waals surface area contributed by atoms with Crippen molar-refractivity contribution in [3.05, 3.63) is 40.3 Å². The van der Waals surface area contributed by atoms with Gasteiger partial charge in [0.1, 0.15) is 16.5 Å². The molecule has 1 aliphatic rings. The molecule has 9 heteroatoms. The summed E-state index contributed by atoms with van der Waals surface area (Å²) >= 11 is 1.42. The fourth-order valence-electron chi connectivity index (χ4n) is 2.90. The quantitative estimate of drug-likeness (QED) is 0.779. The lowest BCUT2D eigenvalue weighted by atomic mass is 10.0. The third-order valence-corrected chi connectivity index (χ3v) is 5.01. The molecule has 1 atom stereocenters. The number of carbonyl (C=O) groups excluding carboxylic acids is 1. The number of halogens is 2. The van der Waals surface area contributed by atoms with Crippen molar-refractivity contribution < 1.29 is 9.53 Å². The van der Waals surface area contributed by atoms with Gasteiger partial charge in [0.15, 0.2) is 0 Å². The van der Waals surface area contributed by atoms with Crippen LogP contribution >= 0.6 is 36.2 Å². The molecule has 3 rings (SSSR count). The van der Waals surface area contributed by atoms with Gasteiger partial charge in [-0.2, -0.15) is 0 Å². The van der Waals surface area contributed by atoms with Gasteiger partial charge in [0.25, 0.3) is 5.91 Å². The number of hydrogen-bond donors (Lipinski definition) is 2. The minimum Gasteiger partial charge on any atom is -0.497 e. The lowest BCUT2D eigenvalue weighted by Gasteiger charge is -2.34. The smallest absolute Gasteiger partial charge is 0.271 e. The lowest BCUT2D eigenvalue weighted by molar-refractivity contribution is 0.0928. The van der Waals surface area contributed by atoms with Crippen LogP contribution in [0.5, 0.6) is 5.75 Å². The molecule has 1 aliphatic heterocycles. The first-order valence-electron chi connectivity index (χ1n) is 8.04. The Morgan fingerprint density at radius 1 is 1.46 bits per heavy atom. The average molecular weight is 419 g/mol. The molecule has 3 N–H and O–H groups in total. The topological polar surface area (TPSA) is 80.5 Å². The van der Waals surface area contributed by atoms with E-state index >= 15 is 0 Å². The van der Waals surface area contributed by atoms with Crippen molar-refractivity contribution in [3.63, 3.8) is 0 Å². The standard InChI is InChI=1S/C17H22N4O2S.2ClH/c1-23-14-6-2-5-13(8-14)21-7-3-4-12(10-21)19-17(22)15-11-24-16(9-18)20-15;;/h2,5-6,8,11-12H,3-4,7,9-10,18H2,1H3,(H,19,22);2*1H. The SMILES string of the molecule is COc1cccc(N2CCCC(NC(=O)c3csc(CN)n3)C2)c1.Cl.Cl. The summed E-state index contributed by atoms with van der Waals surface area (Å²) in [7, 11) is 1.67. The molecular formula is C17H24Cl2N4O2S. The second-order valence-electron chi connectivity index (χ2n) is 5.79. The number of thiazole rings is 1. The molecule has 1 aromatic carbocycles. The van der Waals surface area contributed by atoms with E-state index < -0.39 is 0 Å². The Morgan fingerprint density at radius 3 is 2.96 bits per heavy atom. The van der Waals surface area contributed by atoms with E-state index in [1.165, 1.54) is 11.3 Å². The van der Waals surface area contributed by atoms with Crippen LogP contribution in [-0.2, 0) is 6.54 Å². The van der Waals surface area contributed by atoms with Gasteiger partial charge < -0.3 is 20.7 Å². The number of carbonyl (C=O) groups is 1. The number of piperidine rings is 1. The van der Waals surface area contributed by atoms with Crippen LogP contribution < -0.4 is 20.7 Å². The Labute approximate surface area is 169 Å². The van der Waals surface area contributed by atoms with Gasteiger partial charge in [0.05, 0.1) is 7.11 Å². The molecule has 144 valence electrons. The number of nitrogens with zero attached hydrogens (tertiary/aromatic N) is 2. The van der Waals surface area contributed by atoms with E-state index in [0.717, 1.165) is 42.4 Å². The summed E-state index contributed by atoms with van der Waals surface area (Å²) in [5, 5.41) is 5.64. The summed E-state index contributed by atoms with van der Waals surface area (Å²) in [4.78, 5) is 18.9. The van der Waals surface area contributed by atoms with E-state index in [1.807, 2.05) is 18.2 Å². The zero-order valence-corrected chi connectivity index (χ0v) is 17.0. The minimum absolute atomic E-state index is 0. The van der Waals surface area contributed by atoms with Crippen molar-refractivity contribution in [1.82, 2.24) is 10.3 Å². The van der Waals surface area contributed by atoms with Crippen molar-refractivity contribution in [2.24, 2.45) is 5.73 Å². The van der Waals surface area contributed by atoms with Gasteiger partial charge in [-0.3, -0.25) is 4.79 Å². The number of rotatable bonds is 5. The third-order valence-electron chi connectivity index (χ3n) is 4.13. The first-order chi connectivity index (χ1) is 11.7. The minimum atomic E-state index is -0.122. The van der Waals surface area contributed by atoms with E-state index in [0.29, 0.717) is 12.2 Å². The molecule has 1 unspecified atom stereocenters. The predicted octanol–water partition coefficient (Wildman–Crippen LogP) is 2.85. The molecule has 0 saturated carbocycles. The molecule has 1 saturated heterocycles. The normalized spacial score (nSPS) is 16.2. The lowest BCUT2D eigenvalue weighted by Crippen LogP contribution is -2.47. The van der Waals surface area contributed by atoms with Crippen LogP contribution in [-0.4, -0.2) is 37.1 Å². The van der Waals surface area contributed by atoms with Crippen LogP contribution in [0.1, 0.15) is 28.3 Å². The molecule has 0 bridgehead atoms. The molecule has 2 heterocycles. The molecule has 1 amide bonds. The van der Waals surface area contributed by atoms with Gasteiger partial charge >= 0.3 is 0 Å². The van der Waals surface area contributed by atoms with Crippen LogP contribution in [0, 0.1) is 0 Å². The van der Waals surface area contributed by atoms with Crippen LogP contribution in [0.2, 0.25) is 0 Å². The molecule has 6 nitrogen and oxygen atoms in total. The number of aromatic nitrogens is 1. The van der Waals surface area contributed by atoms with Crippen molar-refractivity contribution in [1.29, 1.82) is 0 Å². The van der Waals surface area contributed by atoms with Gasteiger partial charge in [0.2, 0.25) is 0 Å². The Kier molecular flexibility index (Phi) is 9.15. The number of nitrogens with two attached hydrogens (primary N) is 1. The Balaban J connectivity index is 0.00000169. The molecule has 2 aromatic rings. The summed E-state index contributed by atoms with van der Waals surface area (Å²) in [6, 6.07) is 8.13. The second-order valence-corrected chi connectivity index (χ2v) is 6.73. The second kappa shape index (κ2) is 10.6. The average Bonchev–Trinajstić information content (AvgIpc) is 3.11. The van der Waals surface area contributed by atoms with E-state index in [1.54, 1.807) is 12.5 Å². The van der Waals surface area contributed by atoms with Gasteiger partial charge in [-0.15, -0.1) is 36.2 Å². The molecule has 1 aromatic heterocycles. The van der Waals surface area contributed by atoms with Crippen molar-refractivity contribution >= 4 is 47.7 Å². The molecule has 26 heavy (non-hydrogen) atoms. The van der Waals surface area contributed by atoms with E-state index in [9.17, 15) is 4.79 Å². The van der Waals surface area contributed by atoms with Crippen LogP contribution in [0.15, 0.2) is 29.6 Å². The monoisotopic (exact) mass is 418 g/mol. The highest BCUT2D eigenvalue weighted by molar-refractivity contribution is 7.09. The van der Waals surface area contributed by atoms with Crippen molar-refractivity contribution in [2.75, 3.05) is 25.1 Å². The van der Waals surface area contributed by atoms with Gasteiger partial charge in [0, 0.05) is 42.8 Å². The maximum absolute atomic E-state index is 12.3. The van der Waals surface area contributed by atoms with Gasteiger partial charge in [-0.25, -0.2) is 4.98 Å². The zero-order chi connectivity index (χ0) is 16.9. The molecule has 0 aliphatic carbocycles. The highest BCUT2D eigenvalue weighted by Gasteiger charge is 2.23. The number of benzene rings is 1. The summed E-state index contributed by atoms with van der Waals surface area (Å²) in [6.45, 7) is 2.13. The molecule has 1 fully saturated rings. The maximum atomic E-state index is 12.3. The van der Waals surface area contributed by atoms with E-state index in [4.69, 9.17) is 10.5 Å². The summed E-state index contributed by atoms with van der Waals surface area (Å²) in [6.07, 6.45) is 2.01. The van der Waals surface area contributed by atoms with Crippen molar-refractivity contribution in [3.8, 4) is 5.75 Å². The number of amides is 1. The van der Waals surface area contributed by atoms with E-state index in [2.05, 4.69) is 21.3 Å². The highest BCUT2D eigenvalue weighted by atomic mass is 35.5. The Hall–Kier alpha value is -1.54. The summed E-state index contributed by atoms with van der Waals surface area (Å²) in [5.74, 6) is 0.721. The molecule has 0 spiro atoms. The molecular weight excluding hydrogens is 395 g/mol. The third kappa shape index (κ3) is 5.48. The van der Waals surface area contributed by atoms with E-state index in [-0.39, 0.29) is 36.8 Å².